The molecule has 0 heteroatoms. The highest BCUT2D eigenvalue weighted by atomic mass is 14.2. The summed E-state index contributed by atoms with van der Waals surface area (Å²) in [4.78, 5) is 0. The summed E-state index contributed by atoms with van der Waals surface area (Å²) in [5.74, 6) is 0. The first-order valence-corrected chi connectivity index (χ1v) is 23.0. The van der Waals surface area contributed by atoms with E-state index < -0.39 is 0 Å². The second kappa shape index (κ2) is 25.5. The Morgan fingerprint density at radius 1 is 0.258 bits per heavy atom. The Bertz CT molecular complexity index is 3180. The highest BCUT2D eigenvalue weighted by Gasteiger charge is 2.16. The van der Waals surface area contributed by atoms with E-state index >= 15 is 0 Å². The first kappa shape index (κ1) is 36.4. The zero-order valence-electron chi connectivity index (χ0n) is 62.5. The molecule has 0 bridgehead atoms. The largest absolute Gasteiger partial charge is 0.0629 e. The number of rotatable bonds is 0. The summed E-state index contributed by atoms with van der Waals surface area (Å²) >= 11 is 0. The van der Waals surface area contributed by atoms with Crippen LogP contribution in [0.2, 0.25) is 0 Å². The zero-order chi connectivity index (χ0) is 65.7. The predicted molar refractivity (Wildman–Crippen MR) is 299 cm³/mol. The van der Waals surface area contributed by atoms with Crippen molar-refractivity contribution < 1.29 is 23.3 Å². The molecule has 0 atom stereocenters. The van der Waals surface area contributed by atoms with E-state index in [0.717, 1.165) is 44.5 Å². The molecule has 6 aromatic rings. The molecule has 0 aliphatic carbocycles. The van der Waals surface area contributed by atoms with Gasteiger partial charge in [0.25, 0.3) is 0 Å². The highest BCUT2D eigenvalue weighted by molar-refractivity contribution is 5.31. The normalized spacial score (nSPS) is 15.2. The summed E-state index contributed by atoms with van der Waals surface area (Å²) in [7, 11) is 0. The molecule has 0 spiro atoms. The Labute approximate surface area is 433 Å². The van der Waals surface area contributed by atoms with E-state index in [9.17, 15) is 0 Å². The van der Waals surface area contributed by atoms with Gasteiger partial charge in [-0.2, -0.15) is 0 Å². The van der Waals surface area contributed by atoms with Crippen molar-refractivity contribution in [2.45, 2.75) is 199 Å². The van der Waals surface area contributed by atoms with Crippen LogP contribution in [0.15, 0.2) is 145 Å². The predicted octanol–water partition coefficient (Wildman–Crippen LogP) is 19.8. The first-order chi connectivity index (χ1) is 37.1. The SMILES string of the molecule is [2H]c1c(C)cc(C(C)(C)C)c([2H])c1[2H].[2H]c1c([2H])c(C)c([2H])c(C(C)(C)C)c1[2H].[2H]c1cc(C(C)(C)C)cc(C)c1[2H].[2H]c1cc(C)c([2H])c(C(C)(C)C)c1[2H].[2H]c1cc([2H])c(C(C)(C)C)c([2H])c1C.[2H]c1cc([2H])c(C(C)(C)C)cc1C. The summed E-state index contributed by atoms with van der Waals surface area (Å²) in [5, 5.41) is 0. The van der Waals surface area contributed by atoms with Gasteiger partial charge in [0.15, 0.2) is 0 Å². The minimum Gasteiger partial charge on any atom is -0.0617 e. The van der Waals surface area contributed by atoms with Crippen LogP contribution in [0.1, 0.15) is 215 Å². The van der Waals surface area contributed by atoms with E-state index in [1.54, 1.807) is 32.0 Å². The zero-order valence-corrected chi connectivity index (χ0v) is 45.5. The Morgan fingerprint density at radius 3 is 0.985 bits per heavy atom. The van der Waals surface area contributed by atoms with Crippen molar-refractivity contribution in [3.05, 3.63) is 212 Å². The van der Waals surface area contributed by atoms with Crippen LogP contribution in [0.4, 0.5) is 0 Å². The van der Waals surface area contributed by atoms with E-state index in [0.29, 0.717) is 64.6 Å². The fourth-order valence-corrected chi connectivity index (χ4v) is 5.37. The highest BCUT2D eigenvalue weighted by Crippen LogP contribution is 2.26. The van der Waals surface area contributed by atoms with Crippen molar-refractivity contribution >= 4 is 0 Å². The van der Waals surface area contributed by atoms with Crippen molar-refractivity contribution in [2.24, 2.45) is 0 Å². The molecule has 66 heavy (non-hydrogen) atoms. The van der Waals surface area contributed by atoms with Gasteiger partial charge in [-0.15, -0.1) is 0 Å². The molecule has 0 unspecified atom stereocenters. The van der Waals surface area contributed by atoms with Gasteiger partial charge in [0.05, 0.1) is 23.3 Å². The molecule has 0 aromatic heterocycles. The number of hydrogen-bond donors (Lipinski definition) is 0. The van der Waals surface area contributed by atoms with E-state index in [-0.39, 0.29) is 92.9 Å². The van der Waals surface area contributed by atoms with Crippen LogP contribution in [-0.4, -0.2) is 0 Å². The maximum atomic E-state index is 7.91. The number of benzene rings is 6. The van der Waals surface area contributed by atoms with Gasteiger partial charge in [0, 0.05) is 0 Å². The third-order valence-electron chi connectivity index (χ3n) is 9.68. The molecular weight excluding hydrogens is 793 g/mol. The van der Waals surface area contributed by atoms with Gasteiger partial charge in [0.2, 0.25) is 0 Å². The maximum absolute atomic E-state index is 7.91. The Hall–Kier alpha value is -4.68. The van der Waals surface area contributed by atoms with Gasteiger partial charge in [-0.25, -0.2) is 0 Å². The molecule has 0 heterocycles. The lowest BCUT2D eigenvalue weighted by atomic mass is 9.86. The number of hydrogen-bond acceptors (Lipinski definition) is 0. The molecule has 0 amide bonds. The molecule has 0 aliphatic heterocycles. The summed E-state index contributed by atoms with van der Waals surface area (Å²) < 4.78 is 131. The van der Waals surface area contributed by atoms with Crippen molar-refractivity contribution in [2.75, 3.05) is 0 Å². The molecule has 360 valence electrons. The molecule has 0 radical (unpaired) electrons. The second-order valence-electron chi connectivity index (χ2n) is 23.1. The summed E-state index contributed by atoms with van der Waals surface area (Å²) in [5.41, 5.74) is 8.62. The Balaban J connectivity index is 0.000000498. The van der Waals surface area contributed by atoms with E-state index in [1.165, 1.54) is 6.07 Å². The van der Waals surface area contributed by atoms with E-state index in [1.807, 2.05) is 129 Å². The molecule has 0 saturated heterocycles. The number of aryl methyl sites for hydroxylation is 4. The van der Waals surface area contributed by atoms with Crippen LogP contribution in [-0.2, 0) is 32.5 Å². The van der Waals surface area contributed by atoms with Gasteiger partial charge in [0.1, 0.15) is 0 Å². The molecule has 6 rings (SSSR count). The fourth-order valence-electron chi connectivity index (χ4n) is 5.37. The standard InChI is InChI=1S/6C11H16/c6*1-9-6-5-7-10(8-9)11(2,3)4/h6*5-8H,1-4H3/i5D,6D,7D,8D;6D,7D,8D;5D,7D,8D;5D,6D,7D;6D,7D;5D,6D. The lowest BCUT2D eigenvalue weighted by Crippen LogP contribution is -2.10. The molecule has 6 aromatic carbocycles. The minimum absolute atomic E-state index is 0.00185. The van der Waals surface area contributed by atoms with Gasteiger partial charge < -0.3 is 0 Å². The average molecular weight is 907 g/mol. The Kier molecular flexibility index (Phi) is 14.0. The smallest absolute Gasteiger partial charge is 0.0617 e. The monoisotopic (exact) mass is 906 g/mol. The molecule has 0 saturated carbocycles. The van der Waals surface area contributed by atoms with Gasteiger partial charge in [-0.05, 0) is 107 Å². The van der Waals surface area contributed by atoms with Crippen LogP contribution in [0, 0.1) is 41.5 Å². The van der Waals surface area contributed by atoms with Crippen LogP contribution >= 0.6 is 0 Å². The van der Waals surface area contributed by atoms with E-state index in [4.69, 9.17) is 23.3 Å². The minimum atomic E-state index is -0.331. The van der Waals surface area contributed by atoms with Gasteiger partial charge >= 0.3 is 0 Å². The lowest BCUT2D eigenvalue weighted by molar-refractivity contribution is 0.589. The summed E-state index contributed by atoms with van der Waals surface area (Å²) in [6.07, 6.45) is 0. The summed E-state index contributed by atoms with van der Waals surface area (Å²) in [6, 6.07) is 16.2. The van der Waals surface area contributed by atoms with Crippen LogP contribution in [0.5, 0.6) is 0 Å². The topological polar surface area (TPSA) is 0 Å². The average Bonchev–Trinajstić information content (AvgIpc) is 3.38. The van der Waals surface area contributed by atoms with Gasteiger partial charge in [-0.3, -0.25) is 0 Å². The summed E-state index contributed by atoms with van der Waals surface area (Å²) in [6.45, 7) is 47.1. The molecule has 0 nitrogen and oxygen atoms in total. The van der Waals surface area contributed by atoms with E-state index in [2.05, 4.69) is 41.5 Å². The van der Waals surface area contributed by atoms with Crippen molar-refractivity contribution in [3.8, 4) is 0 Å². The molecular formula is C66H96. The van der Waals surface area contributed by atoms with Crippen LogP contribution in [0.3, 0.4) is 0 Å². The van der Waals surface area contributed by atoms with Crippen LogP contribution < -0.4 is 0 Å². The Morgan fingerprint density at radius 2 is 0.530 bits per heavy atom. The molecule has 0 N–H and O–H groups in total. The van der Waals surface area contributed by atoms with Crippen LogP contribution in [0.25, 0.3) is 0 Å². The van der Waals surface area contributed by atoms with Crippen molar-refractivity contribution in [1.29, 1.82) is 0 Å². The lowest BCUT2D eigenvalue weighted by Gasteiger charge is -2.19. The third-order valence-corrected chi connectivity index (χ3v) is 9.68. The van der Waals surface area contributed by atoms with Crippen molar-refractivity contribution in [3.63, 3.8) is 0 Å². The quantitative estimate of drug-likeness (QED) is 0.142. The van der Waals surface area contributed by atoms with Crippen molar-refractivity contribution in [1.82, 2.24) is 0 Å². The van der Waals surface area contributed by atoms with Gasteiger partial charge in [-0.1, -0.05) is 303 Å². The maximum Gasteiger partial charge on any atom is 0.0629 e. The fraction of sp³-hybridized carbons (Fsp3) is 0.455. The third kappa shape index (κ3) is 24.2. The molecule has 0 fully saturated rings. The second-order valence-corrected chi connectivity index (χ2v) is 23.1. The first-order valence-electron chi connectivity index (χ1n) is 31.5. The molecule has 0 aliphatic rings.